The van der Waals surface area contributed by atoms with Crippen LogP contribution in [0.25, 0.3) is 82.9 Å². The van der Waals surface area contributed by atoms with E-state index in [2.05, 4.69) is 180 Å². The van der Waals surface area contributed by atoms with E-state index in [0.29, 0.717) is 0 Å². The van der Waals surface area contributed by atoms with Crippen LogP contribution in [0.1, 0.15) is 0 Å². The van der Waals surface area contributed by atoms with Crippen molar-refractivity contribution in [3.8, 4) is 50.3 Å². The summed E-state index contributed by atoms with van der Waals surface area (Å²) in [5.41, 5.74) is 12.8. The summed E-state index contributed by atoms with van der Waals surface area (Å²) in [6, 6.07) is 63.2. The smallest absolute Gasteiger partial charge is 0.0781 e. The second kappa shape index (κ2) is 11.3. The fourth-order valence-corrected chi connectivity index (χ4v) is 6.96. The lowest BCUT2D eigenvalue weighted by Crippen LogP contribution is -1.95. The number of para-hydroxylation sites is 1. The zero-order chi connectivity index (χ0) is 31.2. The van der Waals surface area contributed by atoms with Gasteiger partial charge in [-0.15, -0.1) is 0 Å². The van der Waals surface area contributed by atoms with Crippen LogP contribution in [-0.4, -0.2) is 9.55 Å². The molecule has 0 atom stereocenters. The largest absolute Gasteiger partial charge is 0.309 e. The molecule has 220 valence electrons. The van der Waals surface area contributed by atoms with Crippen molar-refractivity contribution in [1.82, 2.24) is 9.55 Å². The van der Waals surface area contributed by atoms with Crippen LogP contribution in [0.5, 0.6) is 0 Å². The quantitative estimate of drug-likeness (QED) is 0.193. The van der Waals surface area contributed by atoms with Gasteiger partial charge in [-0.2, -0.15) is 0 Å². The molecule has 0 unspecified atom stereocenters. The van der Waals surface area contributed by atoms with E-state index in [0.717, 1.165) is 22.3 Å². The summed E-state index contributed by atoms with van der Waals surface area (Å²) in [5.74, 6) is 0. The Morgan fingerprint density at radius 2 is 0.936 bits per heavy atom. The Labute approximate surface area is 273 Å². The van der Waals surface area contributed by atoms with E-state index in [1.807, 2.05) is 6.20 Å². The minimum Gasteiger partial charge on any atom is -0.309 e. The Bertz CT molecular complexity index is 2500. The van der Waals surface area contributed by atoms with E-state index in [1.165, 1.54) is 60.6 Å². The molecule has 0 spiro atoms. The van der Waals surface area contributed by atoms with Gasteiger partial charge in [0.05, 0.1) is 16.7 Å². The zero-order valence-electron chi connectivity index (χ0n) is 25.7. The predicted molar refractivity (Wildman–Crippen MR) is 198 cm³/mol. The maximum atomic E-state index is 4.84. The van der Waals surface area contributed by atoms with E-state index in [9.17, 15) is 0 Å². The third-order valence-corrected chi connectivity index (χ3v) is 9.21. The van der Waals surface area contributed by atoms with Gasteiger partial charge in [0.2, 0.25) is 0 Å². The minimum atomic E-state index is 0.998. The van der Waals surface area contributed by atoms with Crippen LogP contribution in [0.2, 0.25) is 0 Å². The van der Waals surface area contributed by atoms with Crippen LogP contribution in [0, 0.1) is 0 Å². The third-order valence-electron chi connectivity index (χ3n) is 9.21. The van der Waals surface area contributed by atoms with Gasteiger partial charge < -0.3 is 4.57 Å². The molecule has 0 amide bonds. The molecule has 0 saturated heterocycles. The normalized spacial score (nSPS) is 11.4. The van der Waals surface area contributed by atoms with Crippen LogP contribution >= 0.6 is 0 Å². The molecule has 0 saturated carbocycles. The summed E-state index contributed by atoms with van der Waals surface area (Å²) in [6.45, 7) is 0. The van der Waals surface area contributed by atoms with E-state index in [1.54, 1.807) is 0 Å². The molecule has 7 aromatic carbocycles. The molecule has 0 bridgehead atoms. The van der Waals surface area contributed by atoms with Crippen molar-refractivity contribution >= 4 is 32.6 Å². The van der Waals surface area contributed by atoms with Crippen molar-refractivity contribution in [2.45, 2.75) is 0 Å². The van der Waals surface area contributed by atoms with Gasteiger partial charge in [-0.05, 0) is 87.3 Å². The molecule has 0 aliphatic heterocycles. The number of nitrogens with zero attached hydrogens (tertiary/aromatic N) is 2. The first-order chi connectivity index (χ1) is 23.3. The summed E-state index contributed by atoms with van der Waals surface area (Å²) >= 11 is 0. The summed E-state index contributed by atoms with van der Waals surface area (Å²) < 4.78 is 2.40. The van der Waals surface area contributed by atoms with Crippen molar-refractivity contribution in [2.24, 2.45) is 0 Å². The highest BCUT2D eigenvalue weighted by atomic mass is 15.0. The molecule has 9 aromatic rings. The van der Waals surface area contributed by atoms with E-state index >= 15 is 0 Å². The number of benzene rings is 7. The van der Waals surface area contributed by atoms with Gasteiger partial charge in [0.1, 0.15) is 0 Å². The molecule has 2 heterocycles. The summed E-state index contributed by atoms with van der Waals surface area (Å²) in [5, 5.41) is 4.83. The van der Waals surface area contributed by atoms with Gasteiger partial charge in [-0.25, -0.2) is 0 Å². The second-order valence-electron chi connectivity index (χ2n) is 12.0. The van der Waals surface area contributed by atoms with Crippen molar-refractivity contribution in [3.63, 3.8) is 0 Å². The standard InChI is InChI=1S/C45H30N2/c1-3-12-31(13-4-1)36-26-37(32-14-5-2-6-15-32)28-38(27-36)34-22-23-42-41-20-9-10-21-43(41)47(44(42)30-34)39-18-11-17-35(29-39)45-40-19-8-7-16-33(40)24-25-46-45/h1-30H. The maximum Gasteiger partial charge on any atom is 0.0781 e. The van der Waals surface area contributed by atoms with Crippen LogP contribution in [0.3, 0.4) is 0 Å². The molecule has 0 aliphatic rings. The first kappa shape index (κ1) is 27.1. The van der Waals surface area contributed by atoms with Gasteiger partial charge in [0.15, 0.2) is 0 Å². The molecule has 0 aliphatic carbocycles. The molecule has 2 aromatic heterocycles. The lowest BCUT2D eigenvalue weighted by atomic mass is 9.93. The fourth-order valence-electron chi connectivity index (χ4n) is 6.96. The molecule has 2 nitrogen and oxygen atoms in total. The monoisotopic (exact) mass is 598 g/mol. The van der Waals surface area contributed by atoms with Gasteiger partial charge >= 0.3 is 0 Å². The molecule has 0 fully saturated rings. The average Bonchev–Trinajstić information content (AvgIpc) is 3.49. The van der Waals surface area contributed by atoms with Gasteiger partial charge in [-0.1, -0.05) is 127 Å². The highest BCUT2D eigenvalue weighted by Gasteiger charge is 2.16. The van der Waals surface area contributed by atoms with E-state index in [4.69, 9.17) is 4.98 Å². The minimum absolute atomic E-state index is 0.998. The summed E-state index contributed by atoms with van der Waals surface area (Å²) in [7, 11) is 0. The molecule has 2 heteroatoms. The molecule has 0 radical (unpaired) electrons. The number of hydrogen-bond donors (Lipinski definition) is 0. The van der Waals surface area contributed by atoms with Crippen LogP contribution in [-0.2, 0) is 0 Å². The fraction of sp³-hybridized carbons (Fsp3) is 0. The van der Waals surface area contributed by atoms with Gasteiger partial charge in [0, 0.05) is 33.6 Å². The van der Waals surface area contributed by atoms with Crippen LogP contribution < -0.4 is 0 Å². The van der Waals surface area contributed by atoms with Gasteiger partial charge in [-0.3, -0.25) is 4.98 Å². The Kier molecular flexibility index (Phi) is 6.50. The third kappa shape index (κ3) is 4.79. The Balaban J connectivity index is 1.26. The molecule has 0 N–H and O–H groups in total. The maximum absolute atomic E-state index is 4.84. The highest BCUT2D eigenvalue weighted by Crippen LogP contribution is 2.38. The first-order valence-electron chi connectivity index (χ1n) is 16.0. The number of hydrogen-bond acceptors (Lipinski definition) is 1. The first-order valence-corrected chi connectivity index (χ1v) is 16.0. The Hall–Kier alpha value is -6.25. The van der Waals surface area contributed by atoms with E-state index < -0.39 is 0 Å². The lowest BCUT2D eigenvalue weighted by Gasteiger charge is -2.13. The number of aromatic nitrogens is 2. The van der Waals surface area contributed by atoms with E-state index in [-0.39, 0.29) is 0 Å². The number of pyridine rings is 1. The number of rotatable bonds is 5. The Morgan fingerprint density at radius 1 is 0.340 bits per heavy atom. The highest BCUT2D eigenvalue weighted by molar-refractivity contribution is 6.10. The molecule has 47 heavy (non-hydrogen) atoms. The molecular formula is C45H30N2. The lowest BCUT2D eigenvalue weighted by molar-refractivity contribution is 1.18. The zero-order valence-corrected chi connectivity index (χ0v) is 25.7. The topological polar surface area (TPSA) is 17.8 Å². The number of fused-ring (bicyclic) bond motifs is 4. The predicted octanol–water partition coefficient (Wildman–Crippen LogP) is 12.0. The van der Waals surface area contributed by atoms with Crippen LogP contribution in [0.15, 0.2) is 182 Å². The van der Waals surface area contributed by atoms with Crippen molar-refractivity contribution in [1.29, 1.82) is 0 Å². The second-order valence-corrected chi connectivity index (χ2v) is 12.0. The average molecular weight is 599 g/mol. The summed E-state index contributed by atoms with van der Waals surface area (Å²) in [6.07, 6.45) is 1.91. The Morgan fingerprint density at radius 3 is 1.68 bits per heavy atom. The summed E-state index contributed by atoms with van der Waals surface area (Å²) in [4.78, 5) is 4.84. The van der Waals surface area contributed by atoms with Crippen molar-refractivity contribution < 1.29 is 0 Å². The van der Waals surface area contributed by atoms with Gasteiger partial charge in [0.25, 0.3) is 0 Å². The molecule has 9 rings (SSSR count). The molecular weight excluding hydrogens is 569 g/mol. The SMILES string of the molecule is c1ccc(-c2cc(-c3ccccc3)cc(-c3ccc4c5ccccc5n(-c5cccc(-c6nccc7ccccc67)c5)c4c3)c2)cc1. The van der Waals surface area contributed by atoms with Crippen LogP contribution in [0.4, 0.5) is 0 Å². The van der Waals surface area contributed by atoms with Crippen molar-refractivity contribution in [3.05, 3.63) is 182 Å². The van der Waals surface area contributed by atoms with Crippen molar-refractivity contribution in [2.75, 3.05) is 0 Å².